The Morgan fingerprint density at radius 3 is 2.35 bits per heavy atom. The van der Waals surface area contributed by atoms with E-state index in [1.807, 2.05) is 36.4 Å². The molecule has 5 heteroatoms. The third kappa shape index (κ3) is 3.36. The summed E-state index contributed by atoms with van der Waals surface area (Å²) >= 11 is 13.3. The maximum atomic E-state index is 5.92. The summed E-state index contributed by atoms with van der Waals surface area (Å²) in [5.74, 6) is 0. The average Bonchev–Trinajstić information content (AvgIpc) is 2.75. The van der Waals surface area contributed by atoms with Gasteiger partial charge in [0.25, 0.3) is 0 Å². The molecular formula is C12H12Cl2N2S. The molecule has 0 fully saturated rings. The molecule has 0 radical (unpaired) electrons. The molecule has 1 aromatic carbocycles. The van der Waals surface area contributed by atoms with Crippen LogP contribution in [0.4, 0.5) is 5.69 Å². The van der Waals surface area contributed by atoms with E-state index in [1.54, 1.807) is 0 Å². The highest BCUT2D eigenvalue weighted by atomic mass is 35.5. The van der Waals surface area contributed by atoms with Gasteiger partial charge in [0, 0.05) is 22.1 Å². The summed E-state index contributed by atoms with van der Waals surface area (Å²) in [6.45, 7) is 0.513. The highest BCUT2D eigenvalue weighted by Crippen LogP contribution is 2.29. The van der Waals surface area contributed by atoms with Crippen molar-refractivity contribution < 1.29 is 0 Å². The van der Waals surface area contributed by atoms with Gasteiger partial charge in [-0.15, -0.1) is 11.3 Å². The van der Waals surface area contributed by atoms with Crippen LogP contribution >= 0.6 is 34.5 Å². The Hall–Kier alpha value is -0.740. The molecule has 1 heterocycles. The number of halogens is 2. The maximum Gasteiger partial charge on any atom is 0.0932 e. The molecule has 0 bridgehead atoms. The van der Waals surface area contributed by atoms with E-state index >= 15 is 0 Å². The highest BCUT2D eigenvalue weighted by molar-refractivity contribution is 7.16. The van der Waals surface area contributed by atoms with Crippen molar-refractivity contribution in [3.05, 3.63) is 50.6 Å². The van der Waals surface area contributed by atoms with Crippen molar-refractivity contribution in [2.45, 2.75) is 6.04 Å². The predicted molar refractivity (Wildman–Crippen MR) is 76.2 cm³/mol. The molecule has 0 spiro atoms. The van der Waals surface area contributed by atoms with Crippen molar-refractivity contribution >= 4 is 40.2 Å². The summed E-state index contributed by atoms with van der Waals surface area (Å²) in [7, 11) is 0. The van der Waals surface area contributed by atoms with Crippen LogP contribution in [0.1, 0.15) is 10.9 Å². The van der Waals surface area contributed by atoms with E-state index in [2.05, 4.69) is 5.32 Å². The number of thiophene rings is 1. The summed E-state index contributed by atoms with van der Waals surface area (Å²) in [4.78, 5) is 1.13. The van der Waals surface area contributed by atoms with Crippen molar-refractivity contribution in [3.63, 3.8) is 0 Å². The highest BCUT2D eigenvalue weighted by Gasteiger charge is 2.11. The van der Waals surface area contributed by atoms with Crippen LogP contribution < -0.4 is 11.1 Å². The first-order valence-corrected chi connectivity index (χ1v) is 6.73. The Kier molecular flexibility index (Phi) is 4.29. The number of hydrogen-bond donors (Lipinski definition) is 2. The van der Waals surface area contributed by atoms with E-state index < -0.39 is 0 Å². The monoisotopic (exact) mass is 286 g/mol. The molecule has 1 aromatic heterocycles. The molecule has 2 rings (SSSR count). The van der Waals surface area contributed by atoms with E-state index in [1.165, 1.54) is 11.3 Å². The number of hydrogen-bond acceptors (Lipinski definition) is 3. The van der Waals surface area contributed by atoms with Crippen LogP contribution in [0.2, 0.25) is 9.36 Å². The Morgan fingerprint density at radius 1 is 1.12 bits per heavy atom. The fraction of sp³-hybridized carbons (Fsp3) is 0.167. The summed E-state index contributed by atoms with van der Waals surface area (Å²) in [5.41, 5.74) is 6.76. The zero-order valence-electron chi connectivity index (χ0n) is 8.99. The number of nitrogens with two attached hydrogens (primary N) is 1. The van der Waals surface area contributed by atoms with Crippen molar-refractivity contribution in [2.75, 3.05) is 11.9 Å². The fourth-order valence-electron chi connectivity index (χ4n) is 1.51. The standard InChI is InChI=1S/C12H12Cl2N2S/c13-8-1-3-9(4-2-8)16-10(7-15)11-5-6-12(14)17-11/h1-6,10,16H,7,15H2. The van der Waals surface area contributed by atoms with Crippen LogP contribution in [-0.4, -0.2) is 6.54 Å². The minimum atomic E-state index is 0.0775. The molecule has 0 aliphatic heterocycles. The second-order valence-corrected chi connectivity index (χ2v) is 5.76. The number of rotatable bonds is 4. The van der Waals surface area contributed by atoms with Gasteiger partial charge in [-0.1, -0.05) is 23.2 Å². The SMILES string of the molecule is NCC(Nc1ccc(Cl)cc1)c1ccc(Cl)s1. The van der Waals surface area contributed by atoms with Crippen molar-refractivity contribution in [3.8, 4) is 0 Å². The topological polar surface area (TPSA) is 38.0 Å². The Morgan fingerprint density at radius 2 is 1.82 bits per heavy atom. The average molecular weight is 287 g/mol. The van der Waals surface area contributed by atoms with Crippen molar-refractivity contribution in [1.29, 1.82) is 0 Å². The third-order valence-electron chi connectivity index (χ3n) is 2.36. The van der Waals surface area contributed by atoms with Gasteiger partial charge in [-0.3, -0.25) is 0 Å². The predicted octanol–water partition coefficient (Wildman–Crippen LogP) is 4.17. The van der Waals surface area contributed by atoms with Gasteiger partial charge in [-0.25, -0.2) is 0 Å². The van der Waals surface area contributed by atoms with Crippen molar-refractivity contribution in [2.24, 2.45) is 5.73 Å². The smallest absolute Gasteiger partial charge is 0.0932 e. The van der Waals surface area contributed by atoms with Gasteiger partial charge in [0.05, 0.1) is 10.4 Å². The number of nitrogens with one attached hydrogen (secondary N) is 1. The van der Waals surface area contributed by atoms with E-state index in [0.29, 0.717) is 6.54 Å². The van der Waals surface area contributed by atoms with Crippen LogP contribution in [-0.2, 0) is 0 Å². The lowest BCUT2D eigenvalue weighted by atomic mass is 10.2. The molecule has 90 valence electrons. The quantitative estimate of drug-likeness (QED) is 0.885. The van der Waals surface area contributed by atoms with E-state index in [-0.39, 0.29) is 6.04 Å². The molecule has 0 amide bonds. The lowest BCUT2D eigenvalue weighted by Gasteiger charge is -2.16. The van der Waals surface area contributed by atoms with Crippen LogP contribution in [0.3, 0.4) is 0 Å². The number of anilines is 1. The number of benzene rings is 1. The molecule has 0 saturated carbocycles. The summed E-state index contributed by atoms with van der Waals surface area (Å²) in [5, 5.41) is 4.07. The first-order chi connectivity index (χ1) is 8.19. The summed E-state index contributed by atoms with van der Waals surface area (Å²) in [6, 6.07) is 11.5. The molecule has 0 aliphatic carbocycles. The van der Waals surface area contributed by atoms with Gasteiger partial charge in [0.1, 0.15) is 0 Å². The van der Waals surface area contributed by atoms with Gasteiger partial charge in [0.15, 0.2) is 0 Å². The van der Waals surface area contributed by atoms with Gasteiger partial charge in [-0.05, 0) is 36.4 Å². The van der Waals surface area contributed by atoms with E-state index in [0.717, 1.165) is 19.9 Å². The van der Waals surface area contributed by atoms with Crippen LogP contribution in [0.25, 0.3) is 0 Å². The first-order valence-electron chi connectivity index (χ1n) is 5.16. The molecule has 0 saturated heterocycles. The normalized spacial score (nSPS) is 12.4. The summed E-state index contributed by atoms with van der Waals surface area (Å²) in [6.07, 6.45) is 0. The van der Waals surface area contributed by atoms with Gasteiger partial charge >= 0.3 is 0 Å². The minimum Gasteiger partial charge on any atom is -0.376 e. The second kappa shape index (κ2) is 5.74. The lowest BCUT2D eigenvalue weighted by molar-refractivity contribution is 0.806. The van der Waals surface area contributed by atoms with Gasteiger partial charge in [-0.2, -0.15) is 0 Å². The van der Waals surface area contributed by atoms with Crippen LogP contribution in [0.5, 0.6) is 0 Å². The molecule has 17 heavy (non-hydrogen) atoms. The van der Waals surface area contributed by atoms with E-state index in [9.17, 15) is 0 Å². The van der Waals surface area contributed by atoms with Gasteiger partial charge in [0.2, 0.25) is 0 Å². The van der Waals surface area contributed by atoms with Gasteiger partial charge < -0.3 is 11.1 Å². The molecule has 3 N–H and O–H groups in total. The lowest BCUT2D eigenvalue weighted by Crippen LogP contribution is -2.19. The Bertz CT molecular complexity index is 482. The minimum absolute atomic E-state index is 0.0775. The second-order valence-electron chi connectivity index (χ2n) is 3.58. The largest absolute Gasteiger partial charge is 0.376 e. The Labute approximate surface area is 114 Å². The fourth-order valence-corrected chi connectivity index (χ4v) is 2.76. The zero-order valence-corrected chi connectivity index (χ0v) is 11.3. The van der Waals surface area contributed by atoms with E-state index in [4.69, 9.17) is 28.9 Å². The Balaban J connectivity index is 2.12. The molecule has 2 nitrogen and oxygen atoms in total. The molecule has 1 unspecified atom stereocenters. The zero-order chi connectivity index (χ0) is 12.3. The molecule has 1 atom stereocenters. The summed E-state index contributed by atoms with van der Waals surface area (Å²) < 4.78 is 0.774. The third-order valence-corrected chi connectivity index (χ3v) is 3.96. The van der Waals surface area contributed by atoms with Crippen LogP contribution in [0.15, 0.2) is 36.4 Å². The molecule has 0 aliphatic rings. The maximum absolute atomic E-state index is 5.92. The molecule has 2 aromatic rings. The van der Waals surface area contributed by atoms with Crippen LogP contribution in [0, 0.1) is 0 Å². The first kappa shape index (κ1) is 12.7. The molecular weight excluding hydrogens is 275 g/mol. The van der Waals surface area contributed by atoms with Crippen molar-refractivity contribution in [1.82, 2.24) is 0 Å².